The van der Waals surface area contributed by atoms with Gasteiger partial charge in [-0.15, -0.1) is 0 Å². The van der Waals surface area contributed by atoms with Crippen molar-refractivity contribution in [3.63, 3.8) is 0 Å². The van der Waals surface area contributed by atoms with Gasteiger partial charge in [0.2, 0.25) is 22.7 Å². The quantitative estimate of drug-likeness (QED) is 0.561. The topological polar surface area (TPSA) is 84.9 Å². The second kappa shape index (κ2) is 8.11. The van der Waals surface area contributed by atoms with Gasteiger partial charge in [0, 0.05) is 15.5 Å². The molecule has 5 rings (SSSR count). The van der Waals surface area contributed by atoms with Crippen LogP contribution < -0.4 is 14.8 Å². The number of rotatable bonds is 6. The summed E-state index contributed by atoms with van der Waals surface area (Å²) in [6.07, 6.45) is 1.29. The highest BCUT2D eigenvalue weighted by Crippen LogP contribution is 2.51. The van der Waals surface area contributed by atoms with Crippen molar-refractivity contribution < 1.29 is 28.5 Å². The molecule has 1 N–H and O–H groups in total. The van der Waals surface area contributed by atoms with Crippen molar-refractivity contribution in [2.24, 2.45) is 0 Å². The van der Waals surface area contributed by atoms with Crippen molar-refractivity contribution in [1.82, 2.24) is 4.31 Å². The summed E-state index contributed by atoms with van der Waals surface area (Å²) in [5, 5.41) is 2.74. The Labute approximate surface area is 198 Å². The first-order valence-corrected chi connectivity index (χ1v) is 12.2. The molecule has 0 aromatic heterocycles. The van der Waals surface area contributed by atoms with E-state index in [1.807, 2.05) is 6.07 Å². The van der Waals surface area contributed by atoms with E-state index >= 15 is 0 Å². The van der Waals surface area contributed by atoms with E-state index in [9.17, 15) is 17.6 Å². The van der Waals surface area contributed by atoms with Crippen LogP contribution in [0, 0.1) is 5.82 Å². The van der Waals surface area contributed by atoms with Gasteiger partial charge in [0.25, 0.3) is 0 Å². The molecule has 0 atom stereocenters. The summed E-state index contributed by atoms with van der Waals surface area (Å²) < 4.78 is 51.6. The van der Waals surface area contributed by atoms with Crippen molar-refractivity contribution in [3.8, 4) is 22.6 Å². The summed E-state index contributed by atoms with van der Waals surface area (Å²) >= 11 is 0. The van der Waals surface area contributed by atoms with Crippen molar-refractivity contribution in [2.45, 2.75) is 23.2 Å². The van der Waals surface area contributed by atoms with Crippen LogP contribution in [0.5, 0.6) is 11.5 Å². The van der Waals surface area contributed by atoms with Crippen LogP contribution in [-0.2, 0) is 20.2 Å². The van der Waals surface area contributed by atoms with Crippen molar-refractivity contribution in [3.05, 3.63) is 72.0 Å². The Bertz CT molecular complexity index is 1410. The standard InChI is InChI=1S/C25H23FN2O5S.H2/c1-28(2)34(30,31)19-5-3-4-16(12-19)17-6-8-20(26)21(13-17)27-24(29)25(10-11-25)18-7-9-22-23(14-18)33-15-32-22;/h3-9,12-14H,10-11,15H2,1-2H3,(H,27,29);1H. The van der Waals surface area contributed by atoms with Crippen LogP contribution in [0.15, 0.2) is 65.6 Å². The Hall–Kier alpha value is -3.43. The van der Waals surface area contributed by atoms with E-state index in [1.54, 1.807) is 30.3 Å². The van der Waals surface area contributed by atoms with Crippen LogP contribution in [0.4, 0.5) is 10.1 Å². The lowest BCUT2D eigenvalue weighted by Crippen LogP contribution is -2.28. The predicted octanol–water partition coefficient (Wildman–Crippen LogP) is 4.39. The van der Waals surface area contributed by atoms with E-state index in [4.69, 9.17) is 9.47 Å². The molecular weight excluding hydrogens is 459 g/mol. The molecular formula is C25H25FN2O5S. The minimum atomic E-state index is -3.62. The number of ether oxygens (including phenoxy) is 2. The van der Waals surface area contributed by atoms with Gasteiger partial charge in [-0.1, -0.05) is 24.3 Å². The van der Waals surface area contributed by atoms with E-state index in [0.29, 0.717) is 35.5 Å². The van der Waals surface area contributed by atoms with E-state index < -0.39 is 21.3 Å². The van der Waals surface area contributed by atoms with Crippen LogP contribution in [0.25, 0.3) is 11.1 Å². The summed E-state index contributed by atoms with van der Waals surface area (Å²) in [5.41, 5.74) is 1.27. The Kier molecular flexibility index (Phi) is 5.33. The molecule has 0 bridgehead atoms. The number of hydrogen-bond acceptors (Lipinski definition) is 5. The van der Waals surface area contributed by atoms with Crippen LogP contribution >= 0.6 is 0 Å². The highest BCUT2D eigenvalue weighted by atomic mass is 32.2. The molecule has 1 saturated carbocycles. The monoisotopic (exact) mass is 484 g/mol. The molecule has 1 amide bonds. The van der Waals surface area contributed by atoms with Crippen LogP contribution in [0.3, 0.4) is 0 Å². The molecule has 1 heterocycles. The van der Waals surface area contributed by atoms with Crippen LogP contribution in [0.1, 0.15) is 19.8 Å². The lowest BCUT2D eigenvalue weighted by atomic mass is 9.94. The number of carbonyl (C=O) groups excluding carboxylic acids is 1. The smallest absolute Gasteiger partial charge is 0.242 e. The third-order valence-electron chi connectivity index (χ3n) is 6.27. The first-order valence-electron chi connectivity index (χ1n) is 10.7. The minimum absolute atomic E-state index is 0. The zero-order valence-electron chi connectivity index (χ0n) is 18.7. The molecule has 34 heavy (non-hydrogen) atoms. The van der Waals surface area contributed by atoms with Gasteiger partial charge in [-0.05, 0) is 65.9 Å². The molecule has 1 aliphatic heterocycles. The minimum Gasteiger partial charge on any atom is -0.454 e. The fraction of sp³-hybridized carbons (Fsp3) is 0.240. The molecule has 1 fully saturated rings. The fourth-order valence-electron chi connectivity index (χ4n) is 4.06. The molecule has 7 nitrogen and oxygen atoms in total. The number of nitrogens with one attached hydrogen (secondary N) is 1. The highest BCUT2D eigenvalue weighted by molar-refractivity contribution is 7.89. The third-order valence-corrected chi connectivity index (χ3v) is 8.08. The summed E-state index contributed by atoms with van der Waals surface area (Å²) in [7, 11) is -0.701. The number of carbonyl (C=O) groups is 1. The van der Waals surface area contributed by atoms with Crippen LogP contribution in [0.2, 0.25) is 0 Å². The van der Waals surface area contributed by atoms with Gasteiger partial charge in [-0.25, -0.2) is 17.1 Å². The zero-order chi connectivity index (χ0) is 24.1. The lowest BCUT2D eigenvalue weighted by molar-refractivity contribution is -0.118. The maximum Gasteiger partial charge on any atom is 0.242 e. The van der Waals surface area contributed by atoms with Crippen LogP contribution in [-0.4, -0.2) is 39.5 Å². The van der Waals surface area contributed by atoms with E-state index in [0.717, 1.165) is 9.87 Å². The summed E-state index contributed by atoms with van der Waals surface area (Å²) in [4.78, 5) is 13.4. The average molecular weight is 485 g/mol. The van der Waals surface area contributed by atoms with Crippen molar-refractivity contribution in [1.29, 1.82) is 0 Å². The maximum atomic E-state index is 14.7. The number of benzene rings is 3. The van der Waals surface area contributed by atoms with Gasteiger partial charge < -0.3 is 14.8 Å². The number of anilines is 1. The second-order valence-electron chi connectivity index (χ2n) is 8.61. The zero-order valence-corrected chi connectivity index (χ0v) is 19.5. The van der Waals surface area contributed by atoms with E-state index in [2.05, 4.69) is 5.32 Å². The predicted molar refractivity (Wildman–Crippen MR) is 127 cm³/mol. The first kappa shape index (κ1) is 22.4. The molecule has 1 aliphatic carbocycles. The molecule has 0 spiro atoms. The normalized spacial score (nSPS) is 15.9. The number of halogens is 1. The molecule has 3 aromatic carbocycles. The summed E-state index contributed by atoms with van der Waals surface area (Å²) in [6.45, 7) is 0.146. The average Bonchev–Trinajstić information content (AvgIpc) is 3.51. The lowest BCUT2D eigenvalue weighted by Gasteiger charge is -2.17. The van der Waals surface area contributed by atoms with Crippen molar-refractivity contribution >= 4 is 21.6 Å². The maximum absolute atomic E-state index is 14.7. The fourth-order valence-corrected chi connectivity index (χ4v) is 5.00. The van der Waals surface area contributed by atoms with Gasteiger partial charge in [-0.2, -0.15) is 0 Å². The SMILES string of the molecule is CN(C)S(=O)(=O)c1cccc(-c2ccc(F)c(NC(=O)C3(c4ccc5c(c4)OCO5)CC3)c2)c1.[HH]. The summed E-state index contributed by atoms with van der Waals surface area (Å²) in [6, 6.07) is 16.2. The second-order valence-corrected chi connectivity index (χ2v) is 10.8. The molecule has 2 aliphatic rings. The van der Waals surface area contributed by atoms with Gasteiger partial charge >= 0.3 is 0 Å². The largest absolute Gasteiger partial charge is 0.454 e. The molecule has 0 unspecified atom stereocenters. The highest BCUT2D eigenvalue weighted by Gasteiger charge is 2.51. The Morgan fingerprint density at radius 3 is 2.47 bits per heavy atom. The Morgan fingerprint density at radius 2 is 1.74 bits per heavy atom. The van der Waals surface area contributed by atoms with Gasteiger partial charge in [-0.3, -0.25) is 4.79 Å². The van der Waals surface area contributed by atoms with Gasteiger partial charge in [0.15, 0.2) is 11.5 Å². The van der Waals surface area contributed by atoms with E-state index in [-0.39, 0.29) is 24.7 Å². The van der Waals surface area contributed by atoms with Gasteiger partial charge in [0.1, 0.15) is 5.82 Å². The number of hydrogen-bond donors (Lipinski definition) is 1. The number of amides is 1. The number of fused-ring (bicyclic) bond motifs is 1. The third kappa shape index (κ3) is 3.80. The Morgan fingerprint density at radius 1 is 1.00 bits per heavy atom. The molecule has 9 heteroatoms. The molecule has 178 valence electrons. The molecule has 0 saturated heterocycles. The van der Waals surface area contributed by atoms with Crippen molar-refractivity contribution in [2.75, 3.05) is 26.2 Å². The van der Waals surface area contributed by atoms with Gasteiger partial charge in [0.05, 0.1) is 16.0 Å². The Balaban J connectivity index is 0.00000289. The number of nitrogens with zero attached hydrogens (tertiary/aromatic N) is 1. The molecule has 3 aromatic rings. The first-order chi connectivity index (χ1) is 16.2. The molecule has 0 radical (unpaired) electrons. The number of sulfonamides is 1. The van der Waals surface area contributed by atoms with E-state index in [1.165, 1.54) is 38.4 Å². The summed E-state index contributed by atoms with van der Waals surface area (Å²) in [5.74, 6) is 0.358.